The number of likely N-dealkylation sites (tertiary alicyclic amines) is 1. The average Bonchev–Trinajstić information content (AvgIpc) is 3.00. The molecule has 24 heavy (non-hydrogen) atoms. The van der Waals surface area contributed by atoms with Crippen molar-refractivity contribution in [3.05, 3.63) is 35.4 Å². The Kier molecular flexibility index (Phi) is 4.38. The Balaban J connectivity index is 1.60. The van der Waals surface area contributed by atoms with Crippen molar-refractivity contribution in [1.82, 2.24) is 9.80 Å². The van der Waals surface area contributed by atoms with Gasteiger partial charge in [-0.25, -0.2) is 4.79 Å². The second-order valence-corrected chi connectivity index (χ2v) is 5.91. The third kappa shape index (κ3) is 3.32. The van der Waals surface area contributed by atoms with Crippen LogP contribution in [0.25, 0.3) is 0 Å². The highest BCUT2D eigenvalue weighted by atomic mass is 19.4. The number of piperidine rings is 1. The van der Waals surface area contributed by atoms with Crippen LogP contribution in [0.5, 0.6) is 0 Å². The first-order chi connectivity index (χ1) is 11.4. The molecule has 0 radical (unpaired) electrons. The van der Waals surface area contributed by atoms with E-state index in [0.29, 0.717) is 39.1 Å². The number of hydrogen-bond acceptors (Lipinski definition) is 3. The fourth-order valence-electron chi connectivity index (χ4n) is 3.10. The summed E-state index contributed by atoms with van der Waals surface area (Å²) in [4.78, 5) is 27.2. The van der Waals surface area contributed by atoms with E-state index in [1.807, 2.05) is 0 Å². The van der Waals surface area contributed by atoms with E-state index in [1.54, 1.807) is 9.80 Å². The van der Waals surface area contributed by atoms with Crippen LogP contribution in [0.2, 0.25) is 0 Å². The molecule has 3 rings (SSSR count). The predicted molar refractivity (Wildman–Crippen MR) is 78.4 cm³/mol. The van der Waals surface area contributed by atoms with Crippen molar-refractivity contribution in [2.45, 2.75) is 25.1 Å². The third-order valence-electron chi connectivity index (χ3n) is 4.44. The van der Waals surface area contributed by atoms with E-state index in [0.717, 1.165) is 12.1 Å². The predicted octanol–water partition coefficient (Wildman–Crippen LogP) is 2.76. The number of amides is 2. The first-order valence-electron chi connectivity index (χ1n) is 7.76. The van der Waals surface area contributed by atoms with Gasteiger partial charge < -0.3 is 14.5 Å². The number of alkyl halides is 3. The Morgan fingerprint density at radius 2 is 1.71 bits per heavy atom. The van der Waals surface area contributed by atoms with E-state index in [9.17, 15) is 22.8 Å². The topological polar surface area (TPSA) is 49.9 Å². The van der Waals surface area contributed by atoms with Crippen molar-refractivity contribution in [2.24, 2.45) is 0 Å². The minimum atomic E-state index is -4.41. The molecule has 0 aliphatic carbocycles. The summed E-state index contributed by atoms with van der Waals surface area (Å²) in [5.41, 5.74) is -0.535. The summed E-state index contributed by atoms with van der Waals surface area (Å²) in [6.45, 7) is 1.89. The molecule has 1 aromatic carbocycles. The lowest BCUT2D eigenvalue weighted by atomic mass is 10.0. The molecule has 0 bridgehead atoms. The summed E-state index contributed by atoms with van der Waals surface area (Å²) in [5, 5.41) is 0. The van der Waals surface area contributed by atoms with Crippen LogP contribution in [0.1, 0.15) is 28.8 Å². The third-order valence-corrected chi connectivity index (χ3v) is 4.44. The molecule has 0 saturated carbocycles. The molecule has 0 atom stereocenters. The van der Waals surface area contributed by atoms with Crippen LogP contribution in [-0.2, 0) is 10.9 Å². The number of ether oxygens (including phenoxy) is 1. The molecule has 2 fully saturated rings. The quantitative estimate of drug-likeness (QED) is 0.830. The maximum Gasteiger partial charge on any atom is 0.416 e. The van der Waals surface area contributed by atoms with E-state index in [4.69, 9.17) is 4.74 Å². The van der Waals surface area contributed by atoms with Gasteiger partial charge in [0.15, 0.2) is 0 Å². The van der Waals surface area contributed by atoms with Gasteiger partial charge in [0, 0.05) is 24.7 Å². The fraction of sp³-hybridized carbons (Fsp3) is 0.500. The highest BCUT2D eigenvalue weighted by Gasteiger charge is 2.34. The number of halogens is 3. The number of carbonyl (C=O) groups excluding carboxylic acids is 2. The van der Waals surface area contributed by atoms with Crippen LogP contribution >= 0.6 is 0 Å². The number of cyclic esters (lactones) is 1. The standard InChI is InChI=1S/C16H17F3N2O3/c17-16(18,19)12-3-1-11(2-4-12)14(22)20-7-5-13(6-8-20)21-9-10-24-15(21)23/h1-4,13H,5-10H2. The maximum atomic E-state index is 12.6. The van der Waals surface area contributed by atoms with Crippen LogP contribution in [-0.4, -0.2) is 54.1 Å². The highest BCUT2D eigenvalue weighted by molar-refractivity contribution is 5.94. The zero-order chi connectivity index (χ0) is 17.3. The second-order valence-electron chi connectivity index (χ2n) is 5.91. The minimum absolute atomic E-state index is 0.0525. The molecule has 2 amide bonds. The first-order valence-corrected chi connectivity index (χ1v) is 7.76. The van der Waals surface area contributed by atoms with Crippen molar-refractivity contribution in [3.8, 4) is 0 Å². The van der Waals surface area contributed by atoms with Gasteiger partial charge in [-0.1, -0.05) is 0 Å². The monoisotopic (exact) mass is 342 g/mol. The summed E-state index contributed by atoms with van der Waals surface area (Å²) >= 11 is 0. The molecular weight excluding hydrogens is 325 g/mol. The molecule has 5 nitrogen and oxygen atoms in total. The van der Waals surface area contributed by atoms with Crippen molar-refractivity contribution >= 4 is 12.0 Å². The Labute approximate surface area is 137 Å². The smallest absolute Gasteiger partial charge is 0.416 e. The van der Waals surface area contributed by atoms with Gasteiger partial charge in [-0.3, -0.25) is 4.79 Å². The lowest BCUT2D eigenvalue weighted by molar-refractivity contribution is -0.137. The number of benzene rings is 1. The van der Waals surface area contributed by atoms with E-state index in [1.165, 1.54) is 12.1 Å². The Bertz CT molecular complexity index is 622. The van der Waals surface area contributed by atoms with Crippen LogP contribution in [0.3, 0.4) is 0 Å². The molecule has 130 valence electrons. The van der Waals surface area contributed by atoms with E-state index >= 15 is 0 Å². The van der Waals surface area contributed by atoms with Gasteiger partial charge in [0.1, 0.15) is 6.61 Å². The normalized spacial score (nSPS) is 19.5. The number of hydrogen-bond donors (Lipinski definition) is 0. The zero-order valence-corrected chi connectivity index (χ0v) is 12.9. The molecule has 0 aromatic heterocycles. The summed E-state index contributed by atoms with van der Waals surface area (Å²) < 4.78 is 42.6. The number of rotatable bonds is 2. The van der Waals surface area contributed by atoms with Gasteiger partial charge in [-0.2, -0.15) is 13.2 Å². The molecule has 2 saturated heterocycles. The number of nitrogens with zero attached hydrogens (tertiary/aromatic N) is 2. The van der Waals surface area contributed by atoms with Crippen LogP contribution in [0.4, 0.5) is 18.0 Å². The Morgan fingerprint density at radius 1 is 1.08 bits per heavy atom. The molecule has 2 heterocycles. The van der Waals surface area contributed by atoms with Gasteiger partial charge in [-0.15, -0.1) is 0 Å². The van der Waals surface area contributed by atoms with Crippen LogP contribution in [0, 0.1) is 0 Å². The van der Waals surface area contributed by atoms with Gasteiger partial charge in [0.25, 0.3) is 5.91 Å². The summed E-state index contributed by atoms with van der Waals surface area (Å²) in [7, 11) is 0. The molecular formula is C16H17F3N2O3. The molecule has 8 heteroatoms. The molecule has 2 aliphatic rings. The lowest BCUT2D eigenvalue weighted by Crippen LogP contribution is -2.47. The largest absolute Gasteiger partial charge is 0.448 e. The van der Waals surface area contributed by atoms with Gasteiger partial charge in [0.2, 0.25) is 0 Å². The van der Waals surface area contributed by atoms with E-state index < -0.39 is 11.7 Å². The summed E-state index contributed by atoms with van der Waals surface area (Å²) in [6.07, 6.45) is -3.45. The zero-order valence-electron chi connectivity index (χ0n) is 12.9. The van der Waals surface area contributed by atoms with Crippen LogP contribution in [0.15, 0.2) is 24.3 Å². The summed E-state index contributed by atoms with van der Waals surface area (Å²) in [5.74, 6) is -0.286. The minimum Gasteiger partial charge on any atom is -0.448 e. The fourth-order valence-corrected chi connectivity index (χ4v) is 3.10. The van der Waals surface area contributed by atoms with Crippen molar-refractivity contribution < 1.29 is 27.5 Å². The molecule has 0 spiro atoms. The number of carbonyl (C=O) groups is 2. The van der Waals surface area contributed by atoms with Gasteiger partial charge >= 0.3 is 12.3 Å². The van der Waals surface area contributed by atoms with Gasteiger partial charge in [0.05, 0.1) is 12.1 Å². The highest BCUT2D eigenvalue weighted by Crippen LogP contribution is 2.29. The van der Waals surface area contributed by atoms with E-state index in [2.05, 4.69) is 0 Å². The van der Waals surface area contributed by atoms with Crippen molar-refractivity contribution in [3.63, 3.8) is 0 Å². The van der Waals surface area contributed by atoms with Gasteiger partial charge in [-0.05, 0) is 37.1 Å². The van der Waals surface area contributed by atoms with Crippen LogP contribution < -0.4 is 0 Å². The van der Waals surface area contributed by atoms with E-state index in [-0.39, 0.29) is 23.6 Å². The first kappa shape index (κ1) is 16.6. The van der Waals surface area contributed by atoms with Crippen molar-refractivity contribution in [2.75, 3.05) is 26.2 Å². The Morgan fingerprint density at radius 3 is 2.21 bits per heavy atom. The lowest BCUT2D eigenvalue weighted by Gasteiger charge is -2.35. The van der Waals surface area contributed by atoms with Crippen molar-refractivity contribution in [1.29, 1.82) is 0 Å². The SMILES string of the molecule is O=C(c1ccc(C(F)(F)F)cc1)N1CCC(N2CCOC2=O)CC1. The average molecular weight is 342 g/mol. The maximum absolute atomic E-state index is 12.6. The Hall–Kier alpha value is -2.25. The molecule has 2 aliphatic heterocycles. The molecule has 0 N–H and O–H groups in total. The molecule has 1 aromatic rings. The summed E-state index contributed by atoms with van der Waals surface area (Å²) in [6, 6.07) is 4.29. The second kappa shape index (κ2) is 6.33. The molecule has 0 unspecified atom stereocenters.